The van der Waals surface area contributed by atoms with Crippen molar-refractivity contribution in [2.75, 3.05) is 13.7 Å². The Morgan fingerprint density at radius 3 is 2.26 bits per heavy atom. The van der Waals surface area contributed by atoms with Crippen LogP contribution in [0.15, 0.2) is 0 Å². The minimum Gasteiger partial charge on any atom is -0.420 e. The molecule has 0 bridgehead atoms. The first kappa shape index (κ1) is 19.3. The largest absolute Gasteiger partial charge is 0.420 e. The summed E-state index contributed by atoms with van der Waals surface area (Å²) in [4.78, 5) is 47.2. The molecule has 1 heterocycles. The van der Waals surface area contributed by atoms with Gasteiger partial charge in [0.05, 0.1) is 0 Å². The van der Waals surface area contributed by atoms with Crippen molar-refractivity contribution in [3.8, 4) is 0 Å². The summed E-state index contributed by atoms with van der Waals surface area (Å²) < 4.78 is 5.43. The minimum atomic E-state index is -1.66. The summed E-state index contributed by atoms with van der Waals surface area (Å²) in [7, 11) is 0.0318. The van der Waals surface area contributed by atoms with Gasteiger partial charge in [-0.05, 0) is 32.0 Å². The Labute approximate surface area is 136 Å². The van der Waals surface area contributed by atoms with Crippen LogP contribution in [0.2, 0.25) is 19.1 Å². The summed E-state index contributed by atoms with van der Waals surface area (Å²) in [6.07, 6.45) is 0.628. The van der Waals surface area contributed by atoms with Crippen molar-refractivity contribution in [3.63, 3.8) is 0 Å². The van der Waals surface area contributed by atoms with Crippen LogP contribution in [-0.4, -0.2) is 45.7 Å². The second-order valence-corrected chi connectivity index (χ2v) is 10.7. The van der Waals surface area contributed by atoms with Crippen molar-refractivity contribution in [1.82, 2.24) is 16.0 Å². The topological polar surface area (TPSA) is 114 Å². The maximum Gasteiger partial charge on any atom is 0.328 e. The van der Waals surface area contributed by atoms with Gasteiger partial charge < -0.3 is 9.74 Å². The molecule has 0 atom stereocenters. The van der Waals surface area contributed by atoms with Crippen LogP contribution < -0.4 is 16.0 Å². The van der Waals surface area contributed by atoms with Gasteiger partial charge >= 0.3 is 6.03 Å². The summed E-state index contributed by atoms with van der Waals surface area (Å²) >= 11 is 0. The molecule has 130 valence electrons. The highest BCUT2D eigenvalue weighted by Gasteiger charge is 2.50. The van der Waals surface area contributed by atoms with E-state index in [0.29, 0.717) is 6.54 Å². The van der Waals surface area contributed by atoms with Crippen LogP contribution in [0.1, 0.15) is 26.2 Å². The molecule has 0 aromatic carbocycles. The molecule has 1 rings (SSSR count). The number of urea groups is 1. The van der Waals surface area contributed by atoms with Crippen LogP contribution in [0.3, 0.4) is 0 Å². The Hall–Kier alpha value is -1.74. The van der Waals surface area contributed by atoms with Crippen molar-refractivity contribution in [2.45, 2.75) is 45.3 Å². The molecule has 0 aromatic heterocycles. The lowest BCUT2D eigenvalue weighted by Gasteiger charge is -2.32. The van der Waals surface area contributed by atoms with Gasteiger partial charge in [0, 0.05) is 20.1 Å². The van der Waals surface area contributed by atoms with Crippen LogP contribution >= 0.6 is 0 Å². The Balaban J connectivity index is 2.55. The second kappa shape index (κ2) is 7.69. The summed E-state index contributed by atoms with van der Waals surface area (Å²) in [5, 5.41) is 6.82. The lowest BCUT2D eigenvalue weighted by atomic mass is 9.78. The van der Waals surface area contributed by atoms with Crippen LogP contribution in [0, 0.1) is 5.41 Å². The van der Waals surface area contributed by atoms with Crippen LogP contribution in [0.5, 0.6) is 0 Å². The predicted octanol–water partition coefficient (Wildman–Crippen LogP) is 0.497. The second-order valence-electron chi connectivity index (χ2n) is 6.27. The average Bonchev–Trinajstić information content (AvgIpc) is 2.47. The third kappa shape index (κ3) is 4.86. The molecule has 3 N–H and O–H groups in total. The number of rotatable bonds is 8. The Morgan fingerprint density at radius 2 is 1.78 bits per heavy atom. The molecule has 1 saturated heterocycles. The smallest absolute Gasteiger partial charge is 0.328 e. The van der Waals surface area contributed by atoms with Crippen LogP contribution in [0.25, 0.3) is 0 Å². The normalized spacial score (nSPS) is 17.5. The number of carbonyl (C=O) groups is 4. The molecule has 1 aliphatic rings. The first-order valence-corrected chi connectivity index (χ1v) is 10.8. The molecule has 1 fully saturated rings. The van der Waals surface area contributed by atoms with Gasteiger partial charge in [0.15, 0.2) is 8.32 Å². The highest BCUT2D eigenvalue weighted by Crippen LogP contribution is 2.29. The monoisotopic (exact) mass is 343 g/mol. The molecule has 9 heteroatoms. The zero-order chi connectivity index (χ0) is 17.7. The first-order valence-electron chi connectivity index (χ1n) is 7.65. The average molecular weight is 343 g/mol. The fraction of sp³-hybridized carbons (Fsp3) is 0.714. The van der Waals surface area contributed by atoms with Gasteiger partial charge in [0.2, 0.25) is 17.7 Å². The van der Waals surface area contributed by atoms with E-state index in [-0.39, 0.29) is 18.7 Å². The van der Waals surface area contributed by atoms with E-state index in [0.717, 1.165) is 12.5 Å². The number of hydrogen-bond acceptors (Lipinski definition) is 5. The lowest BCUT2D eigenvalue weighted by molar-refractivity contribution is -0.148. The SMILES string of the molecule is CCC1(CC(=O)NCCC[Si](C)(C)OC)C(=O)NC(=O)NC1=O. The highest BCUT2D eigenvalue weighted by atomic mass is 28.4. The third-order valence-corrected chi connectivity index (χ3v) is 6.88. The van der Waals surface area contributed by atoms with E-state index in [1.54, 1.807) is 14.0 Å². The van der Waals surface area contributed by atoms with E-state index in [1.165, 1.54) is 0 Å². The van der Waals surface area contributed by atoms with Crippen molar-refractivity contribution >= 4 is 32.1 Å². The summed E-state index contributed by atoms with van der Waals surface area (Å²) in [5.74, 6) is -1.84. The van der Waals surface area contributed by atoms with Gasteiger partial charge in [-0.2, -0.15) is 0 Å². The number of amides is 5. The predicted molar refractivity (Wildman–Crippen MR) is 85.9 cm³/mol. The molecule has 0 aliphatic carbocycles. The highest BCUT2D eigenvalue weighted by molar-refractivity contribution is 6.71. The molecule has 1 aliphatic heterocycles. The molecular weight excluding hydrogens is 318 g/mol. The molecule has 0 spiro atoms. The van der Waals surface area contributed by atoms with Crippen molar-refractivity contribution in [2.24, 2.45) is 5.41 Å². The Kier molecular flexibility index (Phi) is 6.45. The Bertz CT molecular complexity index is 487. The van der Waals surface area contributed by atoms with Crippen LogP contribution in [0.4, 0.5) is 4.79 Å². The van der Waals surface area contributed by atoms with Gasteiger partial charge in [0.1, 0.15) is 5.41 Å². The fourth-order valence-electron chi connectivity index (χ4n) is 2.37. The van der Waals surface area contributed by atoms with E-state index in [1.807, 2.05) is 0 Å². The maximum absolute atomic E-state index is 12.1. The lowest BCUT2D eigenvalue weighted by Crippen LogP contribution is -2.63. The van der Waals surface area contributed by atoms with E-state index in [2.05, 4.69) is 29.0 Å². The number of carbonyl (C=O) groups excluding carboxylic acids is 4. The molecule has 0 aromatic rings. The molecule has 0 radical (unpaired) electrons. The van der Waals surface area contributed by atoms with Crippen molar-refractivity contribution < 1.29 is 23.6 Å². The van der Waals surface area contributed by atoms with Gasteiger partial charge in [-0.3, -0.25) is 25.0 Å². The summed E-state index contributed by atoms with van der Waals surface area (Å²) in [5.41, 5.74) is -1.53. The van der Waals surface area contributed by atoms with E-state index in [9.17, 15) is 19.2 Å². The molecule has 23 heavy (non-hydrogen) atoms. The van der Waals surface area contributed by atoms with E-state index < -0.39 is 31.6 Å². The summed E-state index contributed by atoms with van der Waals surface area (Å²) in [6, 6.07) is 0.0503. The third-order valence-electron chi connectivity index (χ3n) is 4.22. The number of imide groups is 2. The molecule has 8 nitrogen and oxygen atoms in total. The number of barbiturate groups is 1. The minimum absolute atomic E-state index is 0.134. The standard InChI is InChI=1S/C14H25N3O5Si/c1-5-14(11(19)16-13(21)17-12(14)20)9-10(18)15-7-6-8-23(3,4)22-2/h5-9H2,1-4H3,(H,15,18)(H2,16,17,19,20,21). The maximum atomic E-state index is 12.1. The molecule has 0 saturated carbocycles. The van der Waals surface area contributed by atoms with Gasteiger partial charge in [-0.25, -0.2) is 4.79 Å². The van der Waals surface area contributed by atoms with Crippen LogP contribution in [-0.2, 0) is 18.8 Å². The number of hydrogen-bond donors (Lipinski definition) is 3. The molecule has 0 unspecified atom stereocenters. The van der Waals surface area contributed by atoms with E-state index in [4.69, 9.17) is 4.43 Å². The first-order chi connectivity index (χ1) is 10.7. The zero-order valence-electron chi connectivity index (χ0n) is 14.1. The quantitative estimate of drug-likeness (QED) is 0.337. The molecule has 5 amide bonds. The summed E-state index contributed by atoms with van der Waals surface area (Å²) in [6.45, 7) is 6.28. The Morgan fingerprint density at radius 1 is 1.22 bits per heavy atom. The molecular formula is C14H25N3O5Si. The number of nitrogens with one attached hydrogen (secondary N) is 3. The van der Waals surface area contributed by atoms with Gasteiger partial charge in [-0.15, -0.1) is 0 Å². The zero-order valence-corrected chi connectivity index (χ0v) is 15.1. The fourth-order valence-corrected chi connectivity index (χ4v) is 3.60. The van der Waals surface area contributed by atoms with Gasteiger partial charge in [0.25, 0.3) is 0 Å². The van der Waals surface area contributed by atoms with Crippen molar-refractivity contribution in [1.29, 1.82) is 0 Å². The van der Waals surface area contributed by atoms with Crippen molar-refractivity contribution in [3.05, 3.63) is 0 Å². The van der Waals surface area contributed by atoms with Gasteiger partial charge in [-0.1, -0.05) is 6.92 Å². The van der Waals surface area contributed by atoms with E-state index >= 15 is 0 Å².